The SMILES string of the molecule is CC1CCC(N(C)C(=O)CC2CC3CCC2C3)CC1. The molecule has 108 valence electrons. The summed E-state index contributed by atoms with van der Waals surface area (Å²) < 4.78 is 0. The second-order valence-corrected chi connectivity index (χ2v) is 7.56. The highest BCUT2D eigenvalue weighted by molar-refractivity contribution is 5.76. The Morgan fingerprint density at radius 1 is 1.05 bits per heavy atom. The van der Waals surface area contributed by atoms with E-state index in [0.717, 1.165) is 30.1 Å². The fourth-order valence-electron chi connectivity index (χ4n) is 4.83. The highest BCUT2D eigenvalue weighted by atomic mass is 16.2. The van der Waals surface area contributed by atoms with Crippen LogP contribution in [0.4, 0.5) is 0 Å². The molecule has 0 radical (unpaired) electrons. The zero-order valence-corrected chi connectivity index (χ0v) is 12.6. The van der Waals surface area contributed by atoms with Gasteiger partial charge in [0.2, 0.25) is 5.91 Å². The number of carbonyl (C=O) groups excluding carboxylic acids is 1. The Bertz CT molecular complexity index is 332. The topological polar surface area (TPSA) is 20.3 Å². The Hall–Kier alpha value is -0.530. The standard InChI is InChI=1S/C17H29NO/c1-12-3-7-16(8-4-12)18(2)17(19)11-15-10-13-5-6-14(15)9-13/h12-16H,3-11H2,1-2H3. The summed E-state index contributed by atoms with van der Waals surface area (Å²) in [5.74, 6) is 3.86. The normalized spacial score (nSPS) is 41.5. The minimum Gasteiger partial charge on any atom is -0.343 e. The van der Waals surface area contributed by atoms with E-state index in [2.05, 4.69) is 18.9 Å². The van der Waals surface area contributed by atoms with E-state index in [1.807, 2.05) is 0 Å². The second-order valence-electron chi connectivity index (χ2n) is 7.56. The molecule has 3 fully saturated rings. The van der Waals surface area contributed by atoms with E-state index in [4.69, 9.17) is 0 Å². The van der Waals surface area contributed by atoms with Crippen LogP contribution in [0.1, 0.15) is 64.7 Å². The first-order valence-corrected chi connectivity index (χ1v) is 8.39. The molecular formula is C17H29NO. The third-order valence-corrected chi connectivity index (χ3v) is 6.25. The van der Waals surface area contributed by atoms with Crippen LogP contribution in [-0.2, 0) is 4.79 Å². The first kappa shape index (κ1) is 13.5. The van der Waals surface area contributed by atoms with E-state index in [0.29, 0.717) is 11.9 Å². The molecule has 0 saturated heterocycles. The molecule has 2 nitrogen and oxygen atoms in total. The van der Waals surface area contributed by atoms with Gasteiger partial charge in [-0.05, 0) is 68.6 Å². The summed E-state index contributed by atoms with van der Waals surface area (Å²) in [7, 11) is 2.05. The average molecular weight is 263 g/mol. The van der Waals surface area contributed by atoms with Crippen molar-refractivity contribution in [1.29, 1.82) is 0 Å². The minimum atomic E-state index is 0.428. The maximum absolute atomic E-state index is 12.5. The van der Waals surface area contributed by atoms with Crippen molar-refractivity contribution >= 4 is 5.91 Å². The molecule has 0 heterocycles. The average Bonchev–Trinajstić information content (AvgIpc) is 3.01. The summed E-state index contributed by atoms with van der Waals surface area (Å²) in [5, 5.41) is 0. The monoisotopic (exact) mass is 263 g/mol. The predicted molar refractivity (Wildman–Crippen MR) is 77.7 cm³/mol. The lowest BCUT2D eigenvalue weighted by atomic mass is 9.84. The highest BCUT2D eigenvalue weighted by Crippen LogP contribution is 2.49. The molecular weight excluding hydrogens is 234 g/mol. The molecule has 0 aromatic carbocycles. The summed E-state index contributed by atoms with van der Waals surface area (Å²) in [6.45, 7) is 2.34. The number of rotatable bonds is 3. The van der Waals surface area contributed by atoms with Crippen molar-refractivity contribution in [3.05, 3.63) is 0 Å². The van der Waals surface area contributed by atoms with Gasteiger partial charge in [-0.25, -0.2) is 0 Å². The van der Waals surface area contributed by atoms with E-state index >= 15 is 0 Å². The molecule has 2 heteroatoms. The number of hydrogen-bond acceptors (Lipinski definition) is 1. The largest absolute Gasteiger partial charge is 0.343 e. The van der Waals surface area contributed by atoms with Gasteiger partial charge < -0.3 is 4.90 Å². The first-order chi connectivity index (χ1) is 9.13. The van der Waals surface area contributed by atoms with Crippen LogP contribution in [0, 0.1) is 23.7 Å². The van der Waals surface area contributed by atoms with Gasteiger partial charge in [-0.15, -0.1) is 0 Å². The van der Waals surface area contributed by atoms with Gasteiger partial charge in [-0.2, -0.15) is 0 Å². The number of carbonyl (C=O) groups is 1. The van der Waals surface area contributed by atoms with Gasteiger partial charge in [-0.1, -0.05) is 13.3 Å². The van der Waals surface area contributed by atoms with Crippen molar-refractivity contribution in [3.63, 3.8) is 0 Å². The van der Waals surface area contributed by atoms with Gasteiger partial charge in [0.15, 0.2) is 0 Å². The van der Waals surface area contributed by atoms with Gasteiger partial charge in [0, 0.05) is 19.5 Å². The summed E-state index contributed by atoms with van der Waals surface area (Å²) in [4.78, 5) is 14.6. The number of nitrogens with zero attached hydrogens (tertiary/aromatic N) is 1. The minimum absolute atomic E-state index is 0.428. The first-order valence-electron chi connectivity index (χ1n) is 8.39. The molecule has 1 amide bonds. The Morgan fingerprint density at radius 3 is 2.37 bits per heavy atom. The number of fused-ring (bicyclic) bond motifs is 2. The Balaban J connectivity index is 1.49. The summed E-state index contributed by atoms with van der Waals surface area (Å²) in [6, 6.07) is 0.530. The van der Waals surface area contributed by atoms with Crippen molar-refractivity contribution < 1.29 is 4.79 Å². The lowest BCUT2D eigenvalue weighted by molar-refractivity contribution is -0.134. The van der Waals surface area contributed by atoms with Gasteiger partial charge in [0.05, 0.1) is 0 Å². The molecule has 3 saturated carbocycles. The highest BCUT2D eigenvalue weighted by Gasteiger charge is 2.40. The predicted octanol–water partition coefficient (Wildman–Crippen LogP) is 3.85. The fraction of sp³-hybridized carbons (Fsp3) is 0.941. The quantitative estimate of drug-likeness (QED) is 0.757. The molecule has 3 rings (SSSR count). The Kier molecular flexibility index (Phi) is 3.86. The molecule has 0 aromatic heterocycles. The second kappa shape index (κ2) is 5.46. The van der Waals surface area contributed by atoms with E-state index in [1.54, 1.807) is 0 Å². The lowest BCUT2D eigenvalue weighted by Crippen LogP contribution is -2.40. The Labute approximate surface area is 117 Å². The van der Waals surface area contributed by atoms with Crippen LogP contribution in [0.3, 0.4) is 0 Å². The van der Waals surface area contributed by atoms with E-state index < -0.39 is 0 Å². The van der Waals surface area contributed by atoms with Crippen molar-refractivity contribution in [1.82, 2.24) is 4.90 Å². The van der Waals surface area contributed by atoms with Crippen LogP contribution >= 0.6 is 0 Å². The molecule has 3 atom stereocenters. The zero-order chi connectivity index (χ0) is 13.4. The molecule has 0 aliphatic heterocycles. The molecule has 0 spiro atoms. The van der Waals surface area contributed by atoms with E-state index in [-0.39, 0.29) is 0 Å². The third kappa shape index (κ3) is 2.83. The molecule has 3 unspecified atom stereocenters. The van der Waals surface area contributed by atoms with Crippen molar-refractivity contribution in [2.75, 3.05) is 7.05 Å². The number of hydrogen-bond donors (Lipinski definition) is 0. The zero-order valence-electron chi connectivity index (χ0n) is 12.6. The van der Waals surface area contributed by atoms with Crippen LogP contribution in [0.2, 0.25) is 0 Å². The maximum Gasteiger partial charge on any atom is 0.222 e. The van der Waals surface area contributed by atoms with E-state index in [9.17, 15) is 4.79 Å². The summed E-state index contributed by atoms with van der Waals surface area (Å²) >= 11 is 0. The Morgan fingerprint density at radius 2 is 1.79 bits per heavy atom. The smallest absolute Gasteiger partial charge is 0.222 e. The lowest BCUT2D eigenvalue weighted by Gasteiger charge is -2.34. The molecule has 0 aromatic rings. The molecule has 2 bridgehead atoms. The third-order valence-electron chi connectivity index (χ3n) is 6.25. The molecule has 0 N–H and O–H groups in total. The van der Waals surface area contributed by atoms with Gasteiger partial charge >= 0.3 is 0 Å². The number of amides is 1. The van der Waals surface area contributed by atoms with Crippen LogP contribution in [0.15, 0.2) is 0 Å². The summed E-state index contributed by atoms with van der Waals surface area (Å²) in [6.07, 6.45) is 11.5. The molecule has 3 aliphatic rings. The van der Waals surface area contributed by atoms with E-state index in [1.165, 1.54) is 51.4 Å². The fourth-order valence-corrected chi connectivity index (χ4v) is 4.83. The van der Waals surface area contributed by atoms with Crippen LogP contribution in [-0.4, -0.2) is 23.9 Å². The maximum atomic E-state index is 12.5. The van der Waals surface area contributed by atoms with Crippen molar-refractivity contribution in [2.45, 2.75) is 70.8 Å². The summed E-state index contributed by atoms with van der Waals surface area (Å²) in [5.41, 5.74) is 0. The van der Waals surface area contributed by atoms with Gasteiger partial charge in [0.25, 0.3) is 0 Å². The van der Waals surface area contributed by atoms with Gasteiger partial charge in [-0.3, -0.25) is 4.79 Å². The van der Waals surface area contributed by atoms with Crippen LogP contribution in [0.5, 0.6) is 0 Å². The van der Waals surface area contributed by atoms with Crippen molar-refractivity contribution in [3.8, 4) is 0 Å². The van der Waals surface area contributed by atoms with Crippen LogP contribution < -0.4 is 0 Å². The molecule has 3 aliphatic carbocycles. The van der Waals surface area contributed by atoms with Gasteiger partial charge in [0.1, 0.15) is 0 Å². The van der Waals surface area contributed by atoms with Crippen LogP contribution in [0.25, 0.3) is 0 Å². The van der Waals surface area contributed by atoms with Crippen molar-refractivity contribution in [2.24, 2.45) is 23.7 Å². The molecule has 19 heavy (non-hydrogen) atoms.